The zero-order chi connectivity index (χ0) is 23.2. The van der Waals surface area contributed by atoms with Crippen LogP contribution in [-0.4, -0.2) is 53.6 Å². The lowest BCUT2D eigenvalue weighted by Crippen LogP contribution is -2.58. The third kappa shape index (κ3) is 3.86. The molecule has 0 atom stereocenters. The highest BCUT2D eigenvalue weighted by Crippen LogP contribution is 2.57. The average Bonchev–Trinajstić information content (AvgIpc) is 2.67. The molecule has 9 nitrogen and oxygen atoms in total. The van der Waals surface area contributed by atoms with Crippen molar-refractivity contribution >= 4 is 35.5 Å². The molecular formula is C22H27FN6O3. The fourth-order valence-corrected chi connectivity index (χ4v) is 4.78. The van der Waals surface area contributed by atoms with Gasteiger partial charge in [-0.1, -0.05) is 0 Å². The summed E-state index contributed by atoms with van der Waals surface area (Å²) in [4.78, 5) is 35.7. The Labute approximate surface area is 185 Å². The summed E-state index contributed by atoms with van der Waals surface area (Å²) in [6.45, 7) is 1.71. The van der Waals surface area contributed by atoms with E-state index in [1.54, 1.807) is 18.0 Å². The van der Waals surface area contributed by atoms with Crippen molar-refractivity contribution in [3.63, 3.8) is 0 Å². The molecule has 2 fully saturated rings. The maximum absolute atomic E-state index is 14.3. The molecule has 4 N–H and O–H groups in total. The van der Waals surface area contributed by atoms with E-state index < -0.39 is 11.7 Å². The normalized spacial score (nSPS) is 23.8. The molecule has 0 radical (unpaired) electrons. The summed E-state index contributed by atoms with van der Waals surface area (Å²) in [6.07, 6.45) is 5.34. The van der Waals surface area contributed by atoms with Crippen LogP contribution in [0.15, 0.2) is 18.3 Å². The van der Waals surface area contributed by atoms with Gasteiger partial charge in [0.2, 0.25) is 12.4 Å². The molecule has 0 unspecified atom stereocenters. The minimum Gasteiger partial charge on any atom is -0.393 e. The van der Waals surface area contributed by atoms with Crippen LogP contribution in [0.2, 0.25) is 0 Å². The number of primary amides is 1. The number of benzene rings is 1. The third-order valence-electron chi connectivity index (χ3n) is 6.48. The van der Waals surface area contributed by atoms with Crippen LogP contribution in [0.5, 0.6) is 0 Å². The molecule has 2 amide bonds. The second-order valence-corrected chi connectivity index (χ2v) is 9.07. The Kier molecular flexibility index (Phi) is 5.49. The molecule has 1 heterocycles. The summed E-state index contributed by atoms with van der Waals surface area (Å²) in [5.74, 6) is -0.938. The van der Waals surface area contributed by atoms with Crippen molar-refractivity contribution in [1.82, 2.24) is 9.97 Å². The van der Waals surface area contributed by atoms with Crippen LogP contribution in [-0.2, 0) is 4.79 Å². The molecule has 0 bridgehead atoms. The lowest BCUT2D eigenvalue weighted by Gasteiger charge is -2.58. The number of nitrogens with two attached hydrogens (primary N) is 1. The van der Waals surface area contributed by atoms with Crippen molar-refractivity contribution in [2.24, 2.45) is 11.1 Å². The number of carbonyl (C=O) groups is 2. The average molecular weight is 442 g/mol. The minimum absolute atomic E-state index is 0.00418. The Morgan fingerprint density at radius 2 is 2.00 bits per heavy atom. The number of rotatable bonds is 7. The smallest absolute Gasteiger partial charge is 0.251 e. The van der Waals surface area contributed by atoms with E-state index in [0.29, 0.717) is 22.8 Å². The van der Waals surface area contributed by atoms with Gasteiger partial charge in [0, 0.05) is 25.8 Å². The summed E-state index contributed by atoms with van der Waals surface area (Å²) in [5, 5.41) is 12.6. The minimum atomic E-state index is -0.843. The standard InChI is InChI=1S/C22H27FN6O3/c1-12-4-15(19(24)32)16(23)5-17(12)26-21-25-10-18(28(2)3)20(27-21)29(11-30)13-6-22(7-13)8-14(31)9-22/h4-5,10-11,13-14,31H,6-9H2,1-3H3,(H2,24,32)(H,25,26,27). The van der Waals surface area contributed by atoms with Crippen LogP contribution in [0.4, 0.5) is 27.5 Å². The summed E-state index contributed by atoms with van der Waals surface area (Å²) in [5.41, 5.74) is 6.81. The van der Waals surface area contributed by atoms with Gasteiger partial charge >= 0.3 is 0 Å². The Morgan fingerprint density at radius 3 is 2.56 bits per heavy atom. The van der Waals surface area contributed by atoms with E-state index >= 15 is 0 Å². The van der Waals surface area contributed by atoms with Gasteiger partial charge in [0.1, 0.15) is 5.82 Å². The Bertz CT molecular complexity index is 1060. The fraction of sp³-hybridized carbons (Fsp3) is 0.455. The summed E-state index contributed by atoms with van der Waals surface area (Å²) in [7, 11) is 3.68. The molecule has 0 aliphatic heterocycles. The predicted octanol–water partition coefficient (Wildman–Crippen LogP) is 2.10. The van der Waals surface area contributed by atoms with E-state index in [1.165, 1.54) is 12.1 Å². The van der Waals surface area contributed by atoms with Crippen LogP contribution in [0.1, 0.15) is 41.6 Å². The van der Waals surface area contributed by atoms with Crippen LogP contribution < -0.4 is 20.9 Å². The molecule has 1 aromatic carbocycles. The van der Waals surface area contributed by atoms with Gasteiger partial charge in [-0.25, -0.2) is 9.37 Å². The van der Waals surface area contributed by atoms with Crippen LogP contribution in [0, 0.1) is 18.2 Å². The highest BCUT2D eigenvalue weighted by atomic mass is 19.1. The largest absolute Gasteiger partial charge is 0.393 e. The molecule has 32 heavy (non-hydrogen) atoms. The number of carbonyl (C=O) groups excluding carboxylic acids is 2. The molecule has 10 heteroatoms. The highest BCUT2D eigenvalue weighted by molar-refractivity contribution is 5.94. The molecule has 2 aliphatic rings. The highest BCUT2D eigenvalue weighted by Gasteiger charge is 2.54. The lowest BCUT2D eigenvalue weighted by atomic mass is 9.52. The number of anilines is 4. The number of aliphatic hydroxyl groups excluding tert-OH is 1. The second kappa shape index (κ2) is 8.01. The number of nitrogens with one attached hydrogen (secondary N) is 1. The first-order valence-corrected chi connectivity index (χ1v) is 10.5. The molecule has 2 aliphatic carbocycles. The maximum Gasteiger partial charge on any atom is 0.251 e. The molecule has 2 saturated carbocycles. The molecule has 4 rings (SSSR count). The van der Waals surface area contributed by atoms with Crippen molar-refractivity contribution in [3.8, 4) is 0 Å². The Morgan fingerprint density at radius 1 is 1.31 bits per heavy atom. The van der Waals surface area contributed by atoms with Crippen LogP contribution in [0.25, 0.3) is 0 Å². The third-order valence-corrected chi connectivity index (χ3v) is 6.48. The topological polar surface area (TPSA) is 125 Å². The number of nitrogens with zero attached hydrogens (tertiary/aromatic N) is 4. The van der Waals surface area contributed by atoms with E-state index in [-0.39, 0.29) is 29.1 Å². The summed E-state index contributed by atoms with van der Waals surface area (Å²) < 4.78 is 14.3. The zero-order valence-corrected chi connectivity index (χ0v) is 18.3. The number of aryl methyl sites for hydroxylation is 1. The molecule has 170 valence electrons. The Balaban J connectivity index is 1.62. The van der Waals surface area contributed by atoms with E-state index in [9.17, 15) is 19.1 Å². The number of aliphatic hydroxyl groups is 1. The van der Waals surface area contributed by atoms with Gasteiger partial charge in [0.05, 0.1) is 23.6 Å². The van der Waals surface area contributed by atoms with E-state index in [2.05, 4.69) is 15.3 Å². The van der Waals surface area contributed by atoms with Gasteiger partial charge in [-0.15, -0.1) is 0 Å². The molecule has 0 saturated heterocycles. The molecule has 1 spiro atoms. The SMILES string of the molecule is Cc1cc(C(N)=O)c(F)cc1Nc1ncc(N(C)C)c(N(C=O)C2CC3(CC(O)C3)C2)n1. The second-order valence-electron chi connectivity index (χ2n) is 9.07. The first-order chi connectivity index (χ1) is 15.1. The van der Waals surface area contributed by atoms with E-state index in [1.807, 2.05) is 19.0 Å². The molecular weight excluding hydrogens is 415 g/mol. The first-order valence-electron chi connectivity index (χ1n) is 10.5. The van der Waals surface area contributed by atoms with Crippen LogP contribution >= 0.6 is 0 Å². The Hall–Kier alpha value is -3.27. The number of aromatic nitrogens is 2. The van der Waals surface area contributed by atoms with Gasteiger partial charge in [-0.05, 0) is 55.7 Å². The fourth-order valence-electron chi connectivity index (χ4n) is 4.78. The maximum atomic E-state index is 14.3. The predicted molar refractivity (Wildman–Crippen MR) is 119 cm³/mol. The summed E-state index contributed by atoms with van der Waals surface area (Å²) >= 11 is 0. The van der Waals surface area contributed by atoms with E-state index in [0.717, 1.165) is 32.1 Å². The van der Waals surface area contributed by atoms with E-state index in [4.69, 9.17) is 5.73 Å². The quantitative estimate of drug-likeness (QED) is 0.561. The van der Waals surface area contributed by atoms with Gasteiger partial charge < -0.3 is 21.1 Å². The summed E-state index contributed by atoms with van der Waals surface area (Å²) in [6, 6.07) is 2.54. The number of halogens is 1. The first kappa shape index (κ1) is 21.9. The van der Waals surface area contributed by atoms with Crippen molar-refractivity contribution in [2.75, 3.05) is 29.2 Å². The van der Waals surface area contributed by atoms with Crippen LogP contribution in [0.3, 0.4) is 0 Å². The zero-order valence-electron chi connectivity index (χ0n) is 18.3. The van der Waals surface area contributed by atoms with Gasteiger partial charge in [-0.2, -0.15) is 4.98 Å². The van der Waals surface area contributed by atoms with Crippen molar-refractivity contribution < 1.29 is 19.1 Å². The van der Waals surface area contributed by atoms with Gasteiger partial charge in [-0.3, -0.25) is 14.5 Å². The number of hydrogen-bond donors (Lipinski definition) is 3. The van der Waals surface area contributed by atoms with Crippen molar-refractivity contribution in [3.05, 3.63) is 35.3 Å². The molecule has 1 aromatic heterocycles. The van der Waals surface area contributed by atoms with Crippen molar-refractivity contribution in [2.45, 2.75) is 44.8 Å². The number of hydrogen-bond acceptors (Lipinski definition) is 7. The van der Waals surface area contributed by atoms with Crippen molar-refractivity contribution in [1.29, 1.82) is 0 Å². The van der Waals surface area contributed by atoms with Gasteiger partial charge in [0.15, 0.2) is 5.82 Å². The number of amides is 2. The monoisotopic (exact) mass is 442 g/mol. The molecule has 2 aromatic rings. The lowest BCUT2D eigenvalue weighted by molar-refractivity contribution is -0.113. The van der Waals surface area contributed by atoms with Gasteiger partial charge in [0.25, 0.3) is 5.91 Å².